The maximum absolute atomic E-state index is 10.9. The summed E-state index contributed by atoms with van der Waals surface area (Å²) < 4.78 is 0. The summed E-state index contributed by atoms with van der Waals surface area (Å²) in [6, 6.07) is 4.17. The zero-order chi connectivity index (χ0) is 21.3. The minimum absolute atomic E-state index is 0.162. The molecule has 3 N–H and O–H groups in total. The molecule has 154 valence electrons. The second-order valence-electron chi connectivity index (χ2n) is 9.18. The number of phenolic OH excluding ortho intramolecular Hbond substituents is 1. The Bertz CT molecular complexity index is 779. The number of benzene rings is 1. The van der Waals surface area contributed by atoms with Crippen LogP contribution in [0.2, 0.25) is 0 Å². The molecular weight excluding hydrogens is 352 g/mol. The monoisotopic (exact) mass is 386 g/mol. The third-order valence-electron chi connectivity index (χ3n) is 4.62. The molecule has 2 aromatic rings. The number of anilines is 3. The summed E-state index contributed by atoms with van der Waals surface area (Å²) in [5.41, 5.74) is 2.68. The molecule has 1 heterocycles. The minimum atomic E-state index is -0.162. The predicted octanol–water partition coefficient (Wildman–Crippen LogP) is 3.89. The van der Waals surface area contributed by atoms with Gasteiger partial charge in [0.05, 0.1) is 0 Å². The van der Waals surface area contributed by atoms with Gasteiger partial charge in [0, 0.05) is 27.7 Å². The molecule has 1 aromatic carbocycles. The summed E-state index contributed by atoms with van der Waals surface area (Å²) in [4.78, 5) is 15.2. The summed E-state index contributed by atoms with van der Waals surface area (Å²) in [6.45, 7) is 13.3. The number of rotatable bonds is 5. The first-order valence-corrected chi connectivity index (χ1v) is 9.56. The minimum Gasteiger partial charge on any atom is -0.507 e. The lowest BCUT2D eigenvalue weighted by Gasteiger charge is -2.29. The van der Waals surface area contributed by atoms with Gasteiger partial charge in [-0.25, -0.2) is 0 Å². The molecule has 28 heavy (non-hydrogen) atoms. The Morgan fingerprint density at radius 1 is 0.857 bits per heavy atom. The fourth-order valence-corrected chi connectivity index (χ4v) is 3.03. The summed E-state index contributed by atoms with van der Waals surface area (Å²) in [6.07, 6.45) is 0. The number of hydrogen-bond acceptors (Lipinski definition) is 7. The quantitative estimate of drug-likeness (QED) is 0.718. The molecule has 0 aliphatic carbocycles. The average molecular weight is 387 g/mol. The maximum Gasteiger partial charge on any atom is 0.231 e. The molecule has 0 amide bonds. The highest BCUT2D eigenvalue weighted by atomic mass is 16.3. The summed E-state index contributed by atoms with van der Waals surface area (Å²) in [5.74, 6) is 1.99. The van der Waals surface area contributed by atoms with Crippen LogP contribution < -0.4 is 15.5 Å². The van der Waals surface area contributed by atoms with Crippen molar-refractivity contribution in [2.24, 2.45) is 0 Å². The topological polar surface area (TPSA) is 86.2 Å². The van der Waals surface area contributed by atoms with Crippen molar-refractivity contribution < 1.29 is 5.11 Å². The number of aromatic nitrogens is 3. The van der Waals surface area contributed by atoms with Gasteiger partial charge in [-0.1, -0.05) is 41.5 Å². The normalized spacial score (nSPS) is 12.0. The summed E-state index contributed by atoms with van der Waals surface area (Å²) in [5, 5.41) is 16.8. The van der Waals surface area contributed by atoms with Crippen LogP contribution in [0.25, 0.3) is 0 Å². The number of nitrogens with one attached hydrogen (secondary N) is 2. The molecule has 7 nitrogen and oxygen atoms in total. The fraction of sp³-hybridized carbons (Fsp3) is 0.571. The molecule has 0 unspecified atom stereocenters. The van der Waals surface area contributed by atoms with Crippen molar-refractivity contribution in [1.29, 1.82) is 0 Å². The lowest BCUT2D eigenvalue weighted by atomic mass is 9.78. The van der Waals surface area contributed by atoms with Crippen molar-refractivity contribution in [3.05, 3.63) is 28.8 Å². The van der Waals surface area contributed by atoms with E-state index in [0.717, 1.165) is 16.7 Å². The van der Waals surface area contributed by atoms with E-state index in [2.05, 4.69) is 79.3 Å². The van der Waals surface area contributed by atoms with Crippen molar-refractivity contribution in [2.75, 3.05) is 36.7 Å². The highest BCUT2D eigenvalue weighted by Gasteiger charge is 2.26. The Hall–Kier alpha value is -2.57. The molecule has 0 saturated carbocycles. The Morgan fingerprint density at radius 2 is 1.29 bits per heavy atom. The molecule has 0 bridgehead atoms. The smallest absolute Gasteiger partial charge is 0.231 e. The first kappa shape index (κ1) is 21.7. The van der Waals surface area contributed by atoms with E-state index in [4.69, 9.17) is 0 Å². The van der Waals surface area contributed by atoms with Crippen LogP contribution >= 0.6 is 0 Å². The second kappa shape index (κ2) is 7.81. The number of hydrogen-bond donors (Lipinski definition) is 3. The first-order valence-electron chi connectivity index (χ1n) is 9.56. The zero-order valence-electron chi connectivity index (χ0n) is 18.6. The molecule has 0 aliphatic rings. The summed E-state index contributed by atoms with van der Waals surface area (Å²) >= 11 is 0. The molecule has 0 atom stereocenters. The average Bonchev–Trinajstić information content (AvgIpc) is 2.60. The van der Waals surface area contributed by atoms with Crippen LogP contribution in [0.15, 0.2) is 12.1 Å². The second-order valence-corrected chi connectivity index (χ2v) is 9.18. The SMILES string of the molecule is CNc1nc(NC)nc(N(C)Cc2cc(C(C)(C)C)c(O)c(C(C)(C)C)c2)n1. The molecular formula is C21H34N6O. The van der Waals surface area contributed by atoms with Crippen molar-refractivity contribution >= 4 is 17.8 Å². The first-order chi connectivity index (χ1) is 12.9. The Kier molecular flexibility index (Phi) is 6.06. The number of phenols is 1. The standard InChI is InChI=1S/C21H34N6O/c1-20(2,3)14-10-13(11-15(16(14)28)21(4,5)6)12-27(9)19-25-17(22-7)24-18(23-8)26-19/h10-11,28H,12H2,1-9H3,(H2,22,23,24,25,26). The van der Waals surface area contributed by atoms with E-state index in [-0.39, 0.29) is 10.8 Å². The van der Waals surface area contributed by atoms with Gasteiger partial charge < -0.3 is 20.6 Å². The van der Waals surface area contributed by atoms with E-state index >= 15 is 0 Å². The van der Waals surface area contributed by atoms with E-state index in [9.17, 15) is 5.11 Å². The van der Waals surface area contributed by atoms with Gasteiger partial charge >= 0.3 is 0 Å². The molecule has 7 heteroatoms. The van der Waals surface area contributed by atoms with Crippen molar-refractivity contribution in [3.63, 3.8) is 0 Å². The van der Waals surface area contributed by atoms with Gasteiger partial charge in [0.25, 0.3) is 0 Å². The molecule has 0 radical (unpaired) electrons. The van der Waals surface area contributed by atoms with Gasteiger partial charge in [-0.15, -0.1) is 0 Å². The van der Waals surface area contributed by atoms with Crippen LogP contribution in [0.5, 0.6) is 5.75 Å². The van der Waals surface area contributed by atoms with Gasteiger partial charge in [-0.05, 0) is 39.7 Å². The number of nitrogens with zero attached hydrogens (tertiary/aromatic N) is 4. The van der Waals surface area contributed by atoms with Crippen LogP contribution in [-0.4, -0.2) is 41.2 Å². The fourth-order valence-electron chi connectivity index (χ4n) is 3.03. The van der Waals surface area contributed by atoms with E-state index < -0.39 is 0 Å². The molecule has 1 aromatic heterocycles. The highest BCUT2D eigenvalue weighted by molar-refractivity contribution is 5.51. The van der Waals surface area contributed by atoms with Crippen molar-refractivity contribution in [1.82, 2.24) is 15.0 Å². The van der Waals surface area contributed by atoms with Gasteiger partial charge in [0.2, 0.25) is 17.8 Å². The van der Waals surface area contributed by atoms with E-state index in [1.54, 1.807) is 14.1 Å². The lowest BCUT2D eigenvalue weighted by Crippen LogP contribution is -2.23. The van der Waals surface area contributed by atoms with Gasteiger partial charge in [0.15, 0.2) is 0 Å². The third-order valence-corrected chi connectivity index (χ3v) is 4.62. The van der Waals surface area contributed by atoms with E-state index in [1.807, 2.05) is 11.9 Å². The number of aromatic hydroxyl groups is 1. The zero-order valence-corrected chi connectivity index (χ0v) is 18.6. The predicted molar refractivity (Wildman–Crippen MR) is 117 cm³/mol. The van der Waals surface area contributed by atoms with E-state index in [0.29, 0.717) is 30.1 Å². The van der Waals surface area contributed by atoms with Crippen LogP contribution in [0, 0.1) is 0 Å². The van der Waals surface area contributed by atoms with Crippen LogP contribution in [0.1, 0.15) is 58.2 Å². The summed E-state index contributed by atoms with van der Waals surface area (Å²) in [7, 11) is 5.52. The Labute approximate surface area is 168 Å². The highest BCUT2D eigenvalue weighted by Crippen LogP contribution is 2.40. The molecule has 0 fully saturated rings. The van der Waals surface area contributed by atoms with Crippen LogP contribution in [-0.2, 0) is 17.4 Å². The molecule has 0 spiro atoms. The van der Waals surface area contributed by atoms with Gasteiger partial charge in [0.1, 0.15) is 5.75 Å². The van der Waals surface area contributed by atoms with Gasteiger partial charge in [-0.2, -0.15) is 15.0 Å². The molecule has 0 aliphatic heterocycles. The van der Waals surface area contributed by atoms with Crippen LogP contribution in [0.3, 0.4) is 0 Å². The van der Waals surface area contributed by atoms with Crippen LogP contribution in [0.4, 0.5) is 17.8 Å². The van der Waals surface area contributed by atoms with Crippen molar-refractivity contribution in [3.8, 4) is 5.75 Å². The Balaban J connectivity index is 2.48. The van der Waals surface area contributed by atoms with Crippen molar-refractivity contribution in [2.45, 2.75) is 58.9 Å². The largest absolute Gasteiger partial charge is 0.507 e. The van der Waals surface area contributed by atoms with E-state index in [1.165, 1.54) is 0 Å². The molecule has 2 rings (SSSR count). The maximum atomic E-state index is 10.9. The molecule has 0 saturated heterocycles. The Morgan fingerprint density at radius 3 is 1.64 bits per heavy atom. The lowest BCUT2D eigenvalue weighted by molar-refractivity contribution is 0.422. The third kappa shape index (κ3) is 4.82. The van der Waals surface area contributed by atoms with Gasteiger partial charge in [-0.3, -0.25) is 0 Å².